The molecule has 0 aliphatic rings. The first-order valence-corrected chi connectivity index (χ1v) is 6.95. The van der Waals surface area contributed by atoms with E-state index in [1.54, 1.807) is 6.92 Å². The van der Waals surface area contributed by atoms with Crippen LogP contribution in [0.3, 0.4) is 0 Å². The Labute approximate surface area is 101 Å². The second kappa shape index (κ2) is 5.09. The molecule has 16 heavy (non-hydrogen) atoms. The van der Waals surface area contributed by atoms with Crippen molar-refractivity contribution in [2.24, 2.45) is 0 Å². The third kappa shape index (κ3) is 3.41. The summed E-state index contributed by atoms with van der Waals surface area (Å²) in [6.07, 6.45) is 0.396. The summed E-state index contributed by atoms with van der Waals surface area (Å²) in [7, 11) is -3.62. The molecule has 7 heteroatoms. The third-order valence-corrected chi connectivity index (χ3v) is 3.78. The molecule has 0 spiro atoms. The topological polar surface area (TPSA) is 46.2 Å². The van der Waals surface area contributed by atoms with Crippen LogP contribution in [-0.2, 0) is 10.0 Å². The quantitative estimate of drug-likeness (QED) is 0.869. The van der Waals surface area contributed by atoms with Crippen molar-refractivity contribution >= 4 is 31.6 Å². The van der Waals surface area contributed by atoms with Crippen LogP contribution in [-0.4, -0.2) is 14.2 Å². The molecule has 1 N–H and O–H groups in total. The van der Waals surface area contributed by atoms with Crippen LogP contribution in [0.1, 0.15) is 13.3 Å². The van der Waals surface area contributed by atoms with E-state index in [1.165, 1.54) is 0 Å². The van der Waals surface area contributed by atoms with E-state index in [4.69, 9.17) is 0 Å². The van der Waals surface area contributed by atoms with Crippen molar-refractivity contribution < 1.29 is 17.2 Å². The fourth-order valence-electron chi connectivity index (χ4n) is 1.12. The van der Waals surface area contributed by atoms with Gasteiger partial charge in [0, 0.05) is 6.07 Å². The Morgan fingerprint density at radius 1 is 1.38 bits per heavy atom. The molecule has 1 aromatic carbocycles. The van der Waals surface area contributed by atoms with Crippen LogP contribution in [0.2, 0.25) is 0 Å². The Morgan fingerprint density at radius 2 is 2.00 bits per heavy atom. The molecule has 0 amide bonds. The van der Waals surface area contributed by atoms with Gasteiger partial charge in [0.2, 0.25) is 10.0 Å². The fourth-order valence-corrected chi connectivity index (χ4v) is 2.67. The van der Waals surface area contributed by atoms with Crippen LogP contribution in [0.5, 0.6) is 0 Å². The summed E-state index contributed by atoms with van der Waals surface area (Å²) >= 11 is 2.79. The minimum absolute atomic E-state index is 0.123. The molecule has 0 atom stereocenters. The number of sulfonamides is 1. The van der Waals surface area contributed by atoms with Crippen molar-refractivity contribution in [3.05, 3.63) is 28.2 Å². The van der Waals surface area contributed by atoms with E-state index < -0.39 is 21.7 Å². The fraction of sp³-hybridized carbons (Fsp3) is 0.333. The van der Waals surface area contributed by atoms with Gasteiger partial charge < -0.3 is 0 Å². The largest absolute Gasteiger partial charge is 0.280 e. The molecule has 0 aliphatic heterocycles. The summed E-state index contributed by atoms with van der Waals surface area (Å²) in [5.41, 5.74) is -0.389. The lowest BCUT2D eigenvalue weighted by molar-refractivity contribution is 0.591. The molecular weight excluding hydrogens is 304 g/mol. The predicted molar refractivity (Wildman–Crippen MR) is 61.8 cm³/mol. The molecule has 0 fully saturated rings. The van der Waals surface area contributed by atoms with Gasteiger partial charge in [-0.25, -0.2) is 17.2 Å². The van der Waals surface area contributed by atoms with Gasteiger partial charge in [0.25, 0.3) is 0 Å². The molecule has 0 heterocycles. The first-order chi connectivity index (χ1) is 7.35. The molecule has 0 unspecified atom stereocenters. The molecule has 1 aromatic rings. The zero-order valence-electron chi connectivity index (χ0n) is 8.43. The maximum absolute atomic E-state index is 13.4. The maximum atomic E-state index is 13.4. The van der Waals surface area contributed by atoms with Crippen molar-refractivity contribution in [3.8, 4) is 0 Å². The van der Waals surface area contributed by atoms with Crippen molar-refractivity contribution in [1.29, 1.82) is 0 Å². The van der Waals surface area contributed by atoms with E-state index in [1.807, 2.05) is 4.72 Å². The zero-order chi connectivity index (χ0) is 12.3. The number of nitrogens with one attached hydrogen (secondary N) is 1. The molecule has 0 bridgehead atoms. The van der Waals surface area contributed by atoms with Gasteiger partial charge in [0.15, 0.2) is 5.82 Å². The zero-order valence-corrected chi connectivity index (χ0v) is 10.8. The predicted octanol–water partition coefficient (Wildman–Crippen LogP) is 2.88. The Balaban J connectivity index is 3.07. The standard InChI is InChI=1S/C9H10BrF2NO2S/c1-2-3-16(14,15)13-8-5-6(11)4-7(10)9(8)12/h4-5,13H,2-3H2,1H3. The van der Waals surface area contributed by atoms with Crippen molar-refractivity contribution in [2.45, 2.75) is 13.3 Å². The lowest BCUT2D eigenvalue weighted by Gasteiger charge is -2.09. The van der Waals surface area contributed by atoms with Gasteiger partial charge in [0.05, 0.1) is 15.9 Å². The molecule has 0 aliphatic carbocycles. The van der Waals surface area contributed by atoms with Crippen LogP contribution >= 0.6 is 15.9 Å². The van der Waals surface area contributed by atoms with Gasteiger partial charge in [-0.15, -0.1) is 0 Å². The number of anilines is 1. The highest BCUT2D eigenvalue weighted by molar-refractivity contribution is 9.10. The Hall–Kier alpha value is -0.690. The smallest absolute Gasteiger partial charge is 0.232 e. The molecule has 90 valence electrons. The van der Waals surface area contributed by atoms with Crippen LogP contribution in [0, 0.1) is 11.6 Å². The molecule has 0 aromatic heterocycles. The first-order valence-electron chi connectivity index (χ1n) is 4.50. The average molecular weight is 314 g/mol. The number of benzene rings is 1. The van der Waals surface area contributed by atoms with Crippen LogP contribution < -0.4 is 4.72 Å². The second-order valence-electron chi connectivity index (χ2n) is 3.17. The van der Waals surface area contributed by atoms with Gasteiger partial charge in [-0.05, 0) is 28.4 Å². The normalized spacial score (nSPS) is 11.5. The van der Waals surface area contributed by atoms with Gasteiger partial charge in [-0.1, -0.05) is 6.92 Å². The van der Waals surface area contributed by atoms with E-state index >= 15 is 0 Å². The lowest BCUT2D eigenvalue weighted by atomic mass is 10.3. The summed E-state index contributed by atoms with van der Waals surface area (Å²) in [6, 6.07) is 1.72. The van der Waals surface area contributed by atoms with Crippen molar-refractivity contribution in [2.75, 3.05) is 10.5 Å². The first kappa shape index (κ1) is 13.4. The van der Waals surface area contributed by atoms with Gasteiger partial charge in [-0.2, -0.15) is 0 Å². The van der Waals surface area contributed by atoms with Gasteiger partial charge >= 0.3 is 0 Å². The highest BCUT2D eigenvalue weighted by atomic mass is 79.9. The van der Waals surface area contributed by atoms with Crippen molar-refractivity contribution in [3.63, 3.8) is 0 Å². The summed E-state index contributed by atoms with van der Waals surface area (Å²) in [5.74, 6) is -1.69. The molecule has 0 saturated heterocycles. The van der Waals surface area contributed by atoms with E-state index in [9.17, 15) is 17.2 Å². The van der Waals surface area contributed by atoms with Gasteiger partial charge in [0.1, 0.15) is 5.82 Å². The van der Waals surface area contributed by atoms with Crippen LogP contribution in [0.4, 0.5) is 14.5 Å². The monoisotopic (exact) mass is 313 g/mol. The number of halogens is 3. The minimum atomic E-state index is -3.62. The minimum Gasteiger partial charge on any atom is -0.280 e. The SMILES string of the molecule is CCCS(=O)(=O)Nc1cc(F)cc(Br)c1F. The van der Waals surface area contributed by atoms with E-state index in [0.717, 1.165) is 12.1 Å². The van der Waals surface area contributed by atoms with E-state index in [0.29, 0.717) is 6.42 Å². The third-order valence-electron chi connectivity index (χ3n) is 1.73. The maximum Gasteiger partial charge on any atom is 0.232 e. The summed E-state index contributed by atoms with van der Waals surface area (Å²) in [5, 5.41) is 0. The van der Waals surface area contributed by atoms with Crippen LogP contribution in [0.25, 0.3) is 0 Å². The van der Waals surface area contributed by atoms with E-state index in [2.05, 4.69) is 15.9 Å². The number of rotatable bonds is 4. The van der Waals surface area contributed by atoms with Crippen molar-refractivity contribution in [1.82, 2.24) is 0 Å². The molecule has 0 radical (unpaired) electrons. The lowest BCUT2D eigenvalue weighted by Crippen LogP contribution is -2.17. The molecule has 0 saturated carbocycles. The Morgan fingerprint density at radius 3 is 2.56 bits per heavy atom. The number of hydrogen-bond donors (Lipinski definition) is 1. The number of hydrogen-bond acceptors (Lipinski definition) is 2. The Kier molecular flexibility index (Phi) is 4.26. The average Bonchev–Trinajstić information content (AvgIpc) is 2.12. The molecular formula is C9H10BrF2NO2S. The summed E-state index contributed by atoms with van der Waals surface area (Å²) < 4.78 is 50.9. The summed E-state index contributed by atoms with van der Waals surface area (Å²) in [6.45, 7) is 1.68. The van der Waals surface area contributed by atoms with E-state index in [-0.39, 0.29) is 15.9 Å². The Bertz CT molecular complexity index is 491. The summed E-state index contributed by atoms with van der Waals surface area (Å²) in [4.78, 5) is 0. The highest BCUT2D eigenvalue weighted by Crippen LogP contribution is 2.25. The van der Waals surface area contributed by atoms with Crippen LogP contribution in [0.15, 0.2) is 16.6 Å². The molecule has 1 rings (SSSR count). The second-order valence-corrected chi connectivity index (χ2v) is 5.87. The van der Waals surface area contributed by atoms with Gasteiger partial charge in [-0.3, -0.25) is 4.72 Å². The molecule has 3 nitrogen and oxygen atoms in total. The highest BCUT2D eigenvalue weighted by Gasteiger charge is 2.15.